The summed E-state index contributed by atoms with van der Waals surface area (Å²) in [6.45, 7) is 2.77. The Hall–Kier alpha value is -3.37. The fourth-order valence-corrected chi connectivity index (χ4v) is 4.21. The van der Waals surface area contributed by atoms with Gasteiger partial charge in [0, 0.05) is 17.4 Å². The first-order valence-corrected chi connectivity index (χ1v) is 12.0. The van der Waals surface area contributed by atoms with Gasteiger partial charge in [0.1, 0.15) is 25.1 Å². The van der Waals surface area contributed by atoms with Crippen molar-refractivity contribution < 1.29 is 36.8 Å². The van der Waals surface area contributed by atoms with Crippen molar-refractivity contribution in [1.82, 2.24) is 19.9 Å². The van der Waals surface area contributed by atoms with Crippen LogP contribution in [0.25, 0.3) is 11.3 Å². The SMILES string of the molecule is Cc1sc(NC(NC(=O)OCCn2c([N+](=O)[O-])cnc2C)C(F)(Cl)Cl)nc1-c1ccc(OC(F)(F)F)cc1. The fourth-order valence-electron chi connectivity index (χ4n) is 3.13. The van der Waals surface area contributed by atoms with Crippen LogP contribution in [0.15, 0.2) is 30.5 Å². The number of alkyl carbamates (subject to hydrolysis) is 1. The van der Waals surface area contributed by atoms with Crippen LogP contribution in [0.3, 0.4) is 0 Å². The van der Waals surface area contributed by atoms with Crippen LogP contribution >= 0.6 is 34.5 Å². The van der Waals surface area contributed by atoms with Crippen molar-refractivity contribution in [2.24, 2.45) is 0 Å². The minimum Gasteiger partial charge on any atom is -0.445 e. The third-order valence-corrected chi connectivity index (χ3v) is 6.12. The number of benzene rings is 1. The maximum atomic E-state index is 14.4. The van der Waals surface area contributed by atoms with Crippen LogP contribution in [0.4, 0.5) is 33.3 Å². The summed E-state index contributed by atoms with van der Waals surface area (Å²) < 4.78 is 58.5. The molecule has 0 spiro atoms. The number of nitro groups is 1. The molecule has 2 N–H and O–H groups in total. The van der Waals surface area contributed by atoms with E-state index in [-0.39, 0.29) is 24.1 Å². The molecule has 38 heavy (non-hydrogen) atoms. The normalized spacial score (nSPS) is 12.6. The molecule has 18 heteroatoms. The van der Waals surface area contributed by atoms with Gasteiger partial charge < -0.3 is 24.9 Å². The number of carbonyl (C=O) groups is 1. The van der Waals surface area contributed by atoms with Gasteiger partial charge in [0.05, 0.1) is 5.69 Å². The van der Waals surface area contributed by atoms with Crippen molar-refractivity contribution in [2.45, 2.75) is 37.5 Å². The van der Waals surface area contributed by atoms with Gasteiger partial charge in [0.2, 0.25) is 0 Å². The summed E-state index contributed by atoms with van der Waals surface area (Å²) in [4.78, 5) is 31.3. The molecule has 0 radical (unpaired) electrons. The number of halogens is 6. The highest BCUT2D eigenvalue weighted by Crippen LogP contribution is 2.34. The second-order valence-electron chi connectivity index (χ2n) is 7.47. The maximum Gasteiger partial charge on any atom is 0.573 e. The predicted molar refractivity (Wildman–Crippen MR) is 130 cm³/mol. The Morgan fingerprint density at radius 1 is 1.24 bits per heavy atom. The molecule has 0 bridgehead atoms. The number of nitrogens with one attached hydrogen (secondary N) is 2. The summed E-state index contributed by atoms with van der Waals surface area (Å²) >= 11 is 12.2. The average Bonchev–Trinajstić information content (AvgIpc) is 3.34. The van der Waals surface area contributed by atoms with E-state index in [4.69, 9.17) is 27.9 Å². The lowest BCUT2D eigenvalue weighted by atomic mass is 10.1. The van der Waals surface area contributed by atoms with Crippen LogP contribution in [0.1, 0.15) is 10.7 Å². The number of hydrogen-bond acceptors (Lipinski definition) is 9. The van der Waals surface area contributed by atoms with Gasteiger partial charge in [-0.1, -0.05) is 23.2 Å². The van der Waals surface area contributed by atoms with E-state index in [1.165, 1.54) is 23.6 Å². The first kappa shape index (κ1) is 29.2. The summed E-state index contributed by atoms with van der Waals surface area (Å²) in [6, 6.07) is 4.93. The van der Waals surface area contributed by atoms with Crippen molar-refractivity contribution >= 4 is 51.6 Å². The molecular weight excluding hydrogens is 583 g/mol. The van der Waals surface area contributed by atoms with E-state index >= 15 is 0 Å². The van der Waals surface area contributed by atoms with Gasteiger partial charge in [-0.25, -0.2) is 23.7 Å². The second-order valence-corrected chi connectivity index (χ2v) is 9.96. The molecule has 0 aliphatic heterocycles. The number of anilines is 1. The lowest BCUT2D eigenvalue weighted by Crippen LogP contribution is -2.49. The number of nitrogens with zero attached hydrogens (tertiary/aromatic N) is 4. The van der Waals surface area contributed by atoms with Gasteiger partial charge in [0.25, 0.3) is 4.59 Å². The molecule has 0 fully saturated rings. The monoisotopic (exact) mass is 600 g/mol. The van der Waals surface area contributed by atoms with Gasteiger partial charge in [-0.3, -0.25) is 5.32 Å². The zero-order valence-electron chi connectivity index (χ0n) is 19.4. The maximum absolute atomic E-state index is 14.4. The minimum atomic E-state index is -4.84. The van der Waals surface area contributed by atoms with Crippen LogP contribution in [-0.2, 0) is 11.3 Å². The molecule has 1 atom stereocenters. The minimum absolute atomic E-state index is 0.0754. The van der Waals surface area contributed by atoms with E-state index < -0.39 is 33.9 Å². The lowest BCUT2D eigenvalue weighted by molar-refractivity contribution is -0.392. The van der Waals surface area contributed by atoms with Crippen LogP contribution < -0.4 is 15.4 Å². The number of imidazole rings is 1. The first-order chi connectivity index (χ1) is 17.6. The Morgan fingerprint density at radius 2 is 1.89 bits per heavy atom. The number of alkyl halides is 6. The Morgan fingerprint density at radius 3 is 2.47 bits per heavy atom. The summed E-state index contributed by atoms with van der Waals surface area (Å²) in [7, 11) is 0. The number of thiazole rings is 1. The van der Waals surface area contributed by atoms with E-state index in [0.717, 1.165) is 29.7 Å². The van der Waals surface area contributed by atoms with E-state index in [2.05, 4.69) is 25.3 Å². The van der Waals surface area contributed by atoms with Crippen LogP contribution in [0.5, 0.6) is 5.75 Å². The van der Waals surface area contributed by atoms with E-state index in [9.17, 15) is 32.5 Å². The molecule has 0 aliphatic carbocycles. The summed E-state index contributed by atoms with van der Waals surface area (Å²) in [5.41, 5.74) is 0.806. The van der Waals surface area contributed by atoms with Crippen molar-refractivity contribution in [3.8, 4) is 17.0 Å². The number of carbonyl (C=O) groups excluding carboxylic acids is 1. The Kier molecular flexibility index (Phi) is 8.89. The lowest BCUT2D eigenvalue weighted by Gasteiger charge is -2.24. The van der Waals surface area contributed by atoms with Gasteiger partial charge in [-0.2, -0.15) is 0 Å². The molecule has 0 saturated carbocycles. The number of ether oxygens (including phenoxy) is 2. The molecule has 3 rings (SSSR count). The van der Waals surface area contributed by atoms with Crippen LogP contribution in [0.2, 0.25) is 0 Å². The highest BCUT2D eigenvalue weighted by molar-refractivity contribution is 7.16. The van der Waals surface area contributed by atoms with Crippen molar-refractivity contribution in [3.05, 3.63) is 51.3 Å². The molecule has 0 aliphatic rings. The molecule has 1 unspecified atom stereocenters. The summed E-state index contributed by atoms with van der Waals surface area (Å²) in [5.74, 6) is -0.394. The zero-order chi connectivity index (χ0) is 28.3. The largest absolute Gasteiger partial charge is 0.573 e. The highest BCUT2D eigenvalue weighted by Gasteiger charge is 2.37. The topological polar surface area (TPSA) is 133 Å². The molecule has 2 heterocycles. The van der Waals surface area contributed by atoms with Crippen molar-refractivity contribution in [1.29, 1.82) is 0 Å². The Bertz CT molecular complexity index is 1300. The molecular formula is C20H18Cl2F4N6O5S. The quantitative estimate of drug-likeness (QED) is 0.0995. The van der Waals surface area contributed by atoms with Gasteiger partial charge in [0.15, 0.2) is 17.1 Å². The molecule has 206 valence electrons. The zero-order valence-corrected chi connectivity index (χ0v) is 21.7. The van der Waals surface area contributed by atoms with Gasteiger partial charge in [-0.15, -0.1) is 24.5 Å². The smallest absolute Gasteiger partial charge is 0.445 e. The van der Waals surface area contributed by atoms with Crippen molar-refractivity contribution in [3.63, 3.8) is 0 Å². The molecule has 1 amide bonds. The van der Waals surface area contributed by atoms with Crippen molar-refractivity contribution in [2.75, 3.05) is 11.9 Å². The van der Waals surface area contributed by atoms with Crippen LogP contribution in [-0.4, -0.2) is 49.3 Å². The third-order valence-electron chi connectivity index (χ3n) is 4.78. The summed E-state index contributed by atoms with van der Waals surface area (Å²) in [5, 5.41) is 15.8. The highest BCUT2D eigenvalue weighted by atomic mass is 35.5. The van der Waals surface area contributed by atoms with Gasteiger partial charge >= 0.3 is 18.3 Å². The number of aromatic nitrogens is 3. The molecule has 3 aromatic rings. The first-order valence-electron chi connectivity index (χ1n) is 10.4. The number of hydrogen-bond donors (Lipinski definition) is 2. The van der Waals surface area contributed by atoms with Gasteiger partial charge in [-0.05, 0) is 36.1 Å². The van der Waals surface area contributed by atoms with E-state index in [0.29, 0.717) is 22.0 Å². The molecule has 2 aromatic heterocycles. The number of amides is 1. The third kappa shape index (κ3) is 7.82. The Balaban J connectivity index is 1.64. The average molecular weight is 601 g/mol. The number of aryl methyl sites for hydroxylation is 2. The fraction of sp³-hybridized carbons (Fsp3) is 0.350. The molecule has 1 aromatic carbocycles. The van der Waals surface area contributed by atoms with E-state index in [1.54, 1.807) is 6.92 Å². The number of rotatable bonds is 10. The second kappa shape index (κ2) is 11.6. The van der Waals surface area contributed by atoms with Crippen LogP contribution in [0, 0.1) is 24.0 Å². The standard InChI is InChI=1S/C20H18Cl2F4N6O5S/c1-10-15(12-3-5-13(6-4-12)37-20(24,25)26)28-17(38-10)29-16(19(21,22)23)30-18(33)36-8-7-31-11(2)27-9-14(31)32(34)35/h3-6,9,16H,7-8H2,1-2H3,(H,28,29)(H,30,33). The molecule has 0 saturated heterocycles. The van der Waals surface area contributed by atoms with E-state index in [1.807, 2.05) is 0 Å². The predicted octanol–water partition coefficient (Wildman–Crippen LogP) is 5.70. The Labute approximate surface area is 225 Å². The summed E-state index contributed by atoms with van der Waals surface area (Å²) in [6.07, 6.45) is -6.66. The molecule has 11 nitrogen and oxygen atoms in total.